The third kappa shape index (κ3) is 4.43. The molecular weight excluding hydrogens is 188 g/mol. The van der Waals surface area contributed by atoms with Gasteiger partial charge in [-0.1, -0.05) is 6.07 Å². The Labute approximate surface area is 73.7 Å². The minimum atomic E-state index is 0. The van der Waals surface area contributed by atoms with Crippen molar-refractivity contribution in [1.29, 1.82) is 0 Å². The van der Waals surface area contributed by atoms with E-state index in [1.807, 2.05) is 0 Å². The topological polar surface area (TPSA) is 26.9 Å². The molecule has 1 aromatic rings. The van der Waals surface area contributed by atoms with Crippen LogP contribution in [-0.4, -0.2) is 0 Å². The van der Waals surface area contributed by atoms with E-state index in [1.165, 1.54) is 12.4 Å². The zero-order valence-corrected chi connectivity index (χ0v) is 8.76. The van der Waals surface area contributed by atoms with Crippen molar-refractivity contribution in [2.75, 3.05) is 0 Å². The van der Waals surface area contributed by atoms with Gasteiger partial charge in [0.2, 0.25) is 0 Å². The Hall–Kier alpha value is -0.0766. The van der Waals surface area contributed by atoms with E-state index >= 15 is 0 Å². The number of thiol groups is 1. The number of pyridine rings is 1. The maximum atomic E-state index is 10.2. The van der Waals surface area contributed by atoms with Gasteiger partial charge in [0.25, 0.3) is 0 Å². The van der Waals surface area contributed by atoms with Crippen LogP contribution in [0.5, 0.6) is 0 Å². The molecule has 0 saturated heterocycles. The van der Waals surface area contributed by atoms with Gasteiger partial charge in [-0.05, 0) is 0 Å². The van der Waals surface area contributed by atoms with Crippen molar-refractivity contribution in [3.05, 3.63) is 35.8 Å². The van der Waals surface area contributed by atoms with Crippen molar-refractivity contribution in [1.82, 2.24) is 0 Å². The predicted molar refractivity (Wildman–Crippen MR) is 34.2 cm³/mol. The number of nitrogens with zero attached hydrogens (tertiary/aromatic N) is 1. The molecule has 1 heterocycles. The quantitative estimate of drug-likeness (QED) is 0.191. The van der Waals surface area contributed by atoms with Gasteiger partial charge in [-0.2, -0.15) is 4.73 Å². The summed E-state index contributed by atoms with van der Waals surface area (Å²) >= 11 is 0. The molecule has 46 valence electrons. The number of rotatable bonds is 0. The van der Waals surface area contributed by atoms with Gasteiger partial charge in [0.05, 0.1) is 0 Å². The van der Waals surface area contributed by atoms with Gasteiger partial charge in [-0.25, -0.2) is 0 Å². The molecule has 0 aromatic carbocycles. The fraction of sp³-hybridized carbons (Fsp3) is 0. The van der Waals surface area contributed by atoms with Crippen LogP contribution in [0.3, 0.4) is 0 Å². The van der Waals surface area contributed by atoms with E-state index in [1.54, 1.807) is 18.2 Å². The Morgan fingerprint density at radius 2 is 1.44 bits per heavy atom. The molecule has 1 aromatic heterocycles. The van der Waals surface area contributed by atoms with Crippen LogP contribution in [0.1, 0.15) is 0 Å². The first-order chi connectivity index (χ1) is 3.39. The van der Waals surface area contributed by atoms with Gasteiger partial charge in [0.1, 0.15) is 0 Å². The number of aromatic nitrogens is 1. The minimum Gasteiger partial charge on any atom is -0.813 e. The summed E-state index contributed by atoms with van der Waals surface area (Å²) in [5.74, 6) is 0. The molecule has 0 fully saturated rings. The minimum absolute atomic E-state index is 0. The fourth-order valence-electron chi connectivity index (χ4n) is 0.383. The summed E-state index contributed by atoms with van der Waals surface area (Å²) in [6.07, 6.45) is 2.89. The molecule has 0 bridgehead atoms. The molecular formula is C5H6NOSZn-. The van der Waals surface area contributed by atoms with E-state index in [-0.39, 0.29) is 33.0 Å². The third-order valence-electron chi connectivity index (χ3n) is 0.688. The second kappa shape index (κ2) is 6.05. The van der Waals surface area contributed by atoms with Crippen molar-refractivity contribution in [3.8, 4) is 0 Å². The van der Waals surface area contributed by atoms with E-state index < -0.39 is 0 Å². The molecule has 0 N–H and O–H groups in total. The summed E-state index contributed by atoms with van der Waals surface area (Å²) in [6, 6.07) is 5.18. The molecule has 0 radical (unpaired) electrons. The molecule has 0 saturated carbocycles. The molecule has 0 aliphatic heterocycles. The Morgan fingerprint density at radius 3 is 1.67 bits per heavy atom. The zero-order valence-electron chi connectivity index (χ0n) is 4.90. The second-order valence-electron chi connectivity index (χ2n) is 1.24. The molecule has 0 aliphatic carbocycles. The van der Waals surface area contributed by atoms with E-state index in [2.05, 4.69) is 0 Å². The monoisotopic (exact) mass is 192 g/mol. The molecule has 4 heteroatoms. The second-order valence-corrected chi connectivity index (χ2v) is 1.24. The number of hydrogen-bond donors (Lipinski definition) is 0. The summed E-state index contributed by atoms with van der Waals surface area (Å²) in [4.78, 5) is 0. The first-order valence-corrected chi connectivity index (χ1v) is 2.03. The van der Waals surface area contributed by atoms with E-state index in [4.69, 9.17) is 0 Å². The Bertz CT molecular complexity index is 147. The first-order valence-electron chi connectivity index (χ1n) is 2.03. The van der Waals surface area contributed by atoms with Crippen molar-refractivity contribution in [2.45, 2.75) is 0 Å². The summed E-state index contributed by atoms with van der Waals surface area (Å²) in [7, 11) is 0. The van der Waals surface area contributed by atoms with Crippen LogP contribution in [0.4, 0.5) is 0 Å². The maximum absolute atomic E-state index is 10.2. The van der Waals surface area contributed by atoms with Gasteiger partial charge in [-0.15, -0.1) is 0 Å². The molecule has 0 atom stereocenters. The standard InChI is InChI=1S/C5H5NO.H2S.Zn/c7-6-4-2-1-3-5-6;;/h1-5H;1H2;/p-1. The van der Waals surface area contributed by atoms with Gasteiger partial charge in [0, 0.05) is 31.6 Å². The molecule has 0 aliphatic rings. The van der Waals surface area contributed by atoms with Gasteiger partial charge in [-0.3, -0.25) is 0 Å². The third-order valence-corrected chi connectivity index (χ3v) is 0.688. The Kier molecular flexibility index (Phi) is 7.86. The first kappa shape index (κ1) is 11.7. The van der Waals surface area contributed by atoms with Crippen LogP contribution in [0, 0.1) is 5.21 Å². The van der Waals surface area contributed by atoms with Crippen molar-refractivity contribution in [3.63, 3.8) is 0 Å². The summed E-state index contributed by atoms with van der Waals surface area (Å²) in [5.41, 5.74) is 0. The Balaban J connectivity index is 0. The van der Waals surface area contributed by atoms with Crippen LogP contribution >= 0.6 is 0 Å². The molecule has 0 spiro atoms. The smallest absolute Gasteiger partial charge is 0.180 e. The largest absolute Gasteiger partial charge is 0.813 e. The predicted octanol–water partition coefficient (Wildman–Crippen LogP) is 0.0474. The normalized spacial score (nSPS) is 6.67. The summed E-state index contributed by atoms with van der Waals surface area (Å²) in [5, 5.41) is 10.2. The zero-order chi connectivity index (χ0) is 5.11. The average Bonchev–Trinajstić information content (AvgIpc) is 1.69. The van der Waals surface area contributed by atoms with E-state index in [9.17, 15) is 5.21 Å². The maximum Gasteiger partial charge on any atom is 0.180 e. The van der Waals surface area contributed by atoms with Crippen LogP contribution in [0.15, 0.2) is 30.6 Å². The van der Waals surface area contributed by atoms with Crippen molar-refractivity contribution in [2.24, 2.45) is 0 Å². The molecule has 2 nitrogen and oxygen atoms in total. The molecule has 0 unspecified atom stereocenters. The average molecular weight is 194 g/mol. The van der Waals surface area contributed by atoms with Crippen LogP contribution in [-0.2, 0) is 33.0 Å². The molecule has 1 rings (SSSR count). The fourth-order valence-corrected chi connectivity index (χ4v) is 0.383. The summed E-state index contributed by atoms with van der Waals surface area (Å²) in [6.45, 7) is 0. The van der Waals surface area contributed by atoms with Crippen molar-refractivity contribution >= 4 is 13.5 Å². The Morgan fingerprint density at radius 1 is 1.00 bits per heavy atom. The SMILES string of the molecule is [O-][n+]1ccccc1.[SH-].[Zn]. The number of hydrogen-bond acceptors (Lipinski definition) is 2. The summed E-state index contributed by atoms with van der Waals surface area (Å²) < 4.78 is 0.750. The van der Waals surface area contributed by atoms with Gasteiger partial charge >= 0.3 is 0 Å². The van der Waals surface area contributed by atoms with E-state index in [0.717, 1.165) is 4.73 Å². The van der Waals surface area contributed by atoms with Crippen molar-refractivity contribution < 1.29 is 24.2 Å². The van der Waals surface area contributed by atoms with Crippen LogP contribution in [0.25, 0.3) is 0 Å². The van der Waals surface area contributed by atoms with Gasteiger partial charge in [0.15, 0.2) is 12.4 Å². The molecule has 9 heavy (non-hydrogen) atoms. The van der Waals surface area contributed by atoms with Crippen LogP contribution < -0.4 is 4.73 Å². The van der Waals surface area contributed by atoms with Crippen LogP contribution in [0.2, 0.25) is 0 Å². The van der Waals surface area contributed by atoms with E-state index in [0.29, 0.717) is 0 Å². The molecule has 0 amide bonds. The van der Waals surface area contributed by atoms with Gasteiger partial charge < -0.3 is 18.7 Å².